The van der Waals surface area contributed by atoms with Crippen LogP contribution in [0.25, 0.3) is 0 Å². The zero-order valence-electron chi connectivity index (χ0n) is 13.7. The Morgan fingerprint density at radius 2 is 1.52 bits per heavy atom. The Labute approximate surface area is 126 Å². The number of esters is 1. The SMILES string of the molecule is Cc1cc(C)c(OC(=O)C2(C)COC(C)(C)OC2)c(C)c1. The first-order valence-corrected chi connectivity index (χ1v) is 7.21. The van der Waals surface area contributed by atoms with Crippen LogP contribution in [0.15, 0.2) is 12.1 Å². The molecule has 0 radical (unpaired) electrons. The Hall–Kier alpha value is -1.39. The van der Waals surface area contributed by atoms with E-state index in [1.807, 2.05) is 53.7 Å². The van der Waals surface area contributed by atoms with E-state index in [2.05, 4.69) is 0 Å². The number of hydrogen-bond donors (Lipinski definition) is 0. The van der Waals surface area contributed by atoms with Crippen molar-refractivity contribution in [2.75, 3.05) is 13.2 Å². The van der Waals surface area contributed by atoms with Crippen molar-refractivity contribution in [2.45, 2.75) is 47.3 Å². The number of rotatable bonds is 2. The average molecular weight is 292 g/mol. The lowest BCUT2D eigenvalue weighted by atomic mass is 9.91. The van der Waals surface area contributed by atoms with Crippen LogP contribution in [0.5, 0.6) is 5.75 Å². The van der Waals surface area contributed by atoms with Crippen molar-refractivity contribution in [3.8, 4) is 5.75 Å². The van der Waals surface area contributed by atoms with Gasteiger partial charge in [-0.2, -0.15) is 0 Å². The van der Waals surface area contributed by atoms with Crippen LogP contribution in [0.1, 0.15) is 37.5 Å². The van der Waals surface area contributed by atoms with E-state index in [1.54, 1.807) is 0 Å². The van der Waals surface area contributed by atoms with E-state index < -0.39 is 11.2 Å². The second kappa shape index (κ2) is 5.43. The maximum Gasteiger partial charge on any atom is 0.321 e. The lowest BCUT2D eigenvalue weighted by Crippen LogP contribution is -2.50. The molecule has 4 heteroatoms. The van der Waals surface area contributed by atoms with Gasteiger partial charge in [-0.15, -0.1) is 0 Å². The first-order chi connectivity index (χ1) is 9.63. The Balaban J connectivity index is 2.15. The highest BCUT2D eigenvalue weighted by atomic mass is 16.7. The summed E-state index contributed by atoms with van der Waals surface area (Å²) in [5, 5.41) is 0. The summed E-state index contributed by atoms with van der Waals surface area (Å²) in [4.78, 5) is 12.5. The largest absolute Gasteiger partial charge is 0.425 e. The topological polar surface area (TPSA) is 44.8 Å². The number of ether oxygens (including phenoxy) is 3. The van der Waals surface area contributed by atoms with E-state index in [0.717, 1.165) is 16.7 Å². The first-order valence-electron chi connectivity index (χ1n) is 7.21. The van der Waals surface area contributed by atoms with Gasteiger partial charge in [-0.25, -0.2) is 0 Å². The van der Waals surface area contributed by atoms with Crippen LogP contribution in [0, 0.1) is 26.2 Å². The summed E-state index contributed by atoms with van der Waals surface area (Å²) in [6.45, 7) is 12.0. The first kappa shape index (κ1) is 16.0. The van der Waals surface area contributed by atoms with Crippen LogP contribution in [0.2, 0.25) is 0 Å². The summed E-state index contributed by atoms with van der Waals surface area (Å²) in [6, 6.07) is 4.02. The molecule has 116 valence electrons. The number of aryl methyl sites for hydroxylation is 3. The van der Waals surface area contributed by atoms with E-state index in [9.17, 15) is 4.79 Å². The maximum atomic E-state index is 12.5. The summed E-state index contributed by atoms with van der Waals surface area (Å²) in [6.07, 6.45) is 0. The zero-order valence-corrected chi connectivity index (χ0v) is 13.7. The molecular formula is C17H24O4. The molecule has 1 saturated heterocycles. The molecule has 1 fully saturated rings. The molecule has 0 amide bonds. The molecule has 0 bridgehead atoms. The van der Waals surface area contributed by atoms with Gasteiger partial charge in [-0.3, -0.25) is 4.79 Å². The van der Waals surface area contributed by atoms with Crippen molar-refractivity contribution in [2.24, 2.45) is 5.41 Å². The van der Waals surface area contributed by atoms with Crippen molar-refractivity contribution in [1.29, 1.82) is 0 Å². The minimum Gasteiger partial charge on any atom is -0.425 e. The summed E-state index contributed by atoms with van der Waals surface area (Å²) >= 11 is 0. The molecule has 0 unspecified atom stereocenters. The Morgan fingerprint density at radius 1 is 1.05 bits per heavy atom. The van der Waals surface area contributed by atoms with Gasteiger partial charge in [0.1, 0.15) is 11.2 Å². The van der Waals surface area contributed by atoms with Gasteiger partial charge < -0.3 is 14.2 Å². The van der Waals surface area contributed by atoms with Crippen molar-refractivity contribution in [3.63, 3.8) is 0 Å². The molecule has 0 atom stereocenters. The van der Waals surface area contributed by atoms with E-state index >= 15 is 0 Å². The monoisotopic (exact) mass is 292 g/mol. The zero-order chi connectivity index (χ0) is 15.8. The highest BCUT2D eigenvalue weighted by Gasteiger charge is 2.43. The van der Waals surface area contributed by atoms with Gasteiger partial charge in [0.05, 0.1) is 13.2 Å². The van der Waals surface area contributed by atoms with Gasteiger partial charge in [0.15, 0.2) is 5.79 Å². The molecule has 1 aliphatic rings. The van der Waals surface area contributed by atoms with Gasteiger partial charge in [0, 0.05) is 0 Å². The van der Waals surface area contributed by atoms with Gasteiger partial charge in [0.25, 0.3) is 0 Å². The number of carbonyl (C=O) groups is 1. The third-order valence-corrected chi connectivity index (χ3v) is 3.77. The van der Waals surface area contributed by atoms with Crippen LogP contribution in [0.4, 0.5) is 0 Å². The molecule has 0 aliphatic carbocycles. The van der Waals surface area contributed by atoms with Crippen LogP contribution in [-0.4, -0.2) is 25.0 Å². The molecule has 0 N–H and O–H groups in total. The minimum atomic E-state index is -0.778. The standard InChI is InChI=1S/C17H24O4/c1-11-7-12(2)14(13(3)8-11)21-15(18)17(6)9-19-16(4,5)20-10-17/h7-8H,9-10H2,1-6H3. The fraction of sp³-hybridized carbons (Fsp3) is 0.588. The quantitative estimate of drug-likeness (QED) is 0.619. The highest BCUT2D eigenvalue weighted by Crippen LogP contribution is 2.33. The normalized spacial score (nSPS) is 20.1. The van der Waals surface area contributed by atoms with Gasteiger partial charge >= 0.3 is 5.97 Å². The molecule has 21 heavy (non-hydrogen) atoms. The molecule has 1 aromatic carbocycles. The molecule has 2 rings (SSSR count). The molecule has 4 nitrogen and oxygen atoms in total. The molecule has 0 saturated carbocycles. The van der Waals surface area contributed by atoms with E-state index in [1.165, 1.54) is 0 Å². The fourth-order valence-electron chi connectivity index (χ4n) is 2.41. The summed E-state index contributed by atoms with van der Waals surface area (Å²) in [5.41, 5.74) is 2.30. The van der Waals surface area contributed by atoms with Crippen LogP contribution < -0.4 is 4.74 Å². The maximum absolute atomic E-state index is 12.5. The highest BCUT2D eigenvalue weighted by molar-refractivity contribution is 5.80. The van der Waals surface area contributed by atoms with Gasteiger partial charge in [0.2, 0.25) is 0 Å². The van der Waals surface area contributed by atoms with E-state index in [4.69, 9.17) is 14.2 Å². The predicted molar refractivity (Wildman–Crippen MR) is 80.4 cm³/mol. The predicted octanol–water partition coefficient (Wildman–Crippen LogP) is 3.31. The average Bonchev–Trinajstić information content (AvgIpc) is 2.37. The van der Waals surface area contributed by atoms with Crippen LogP contribution in [-0.2, 0) is 14.3 Å². The van der Waals surface area contributed by atoms with Crippen molar-refractivity contribution in [1.82, 2.24) is 0 Å². The summed E-state index contributed by atoms with van der Waals surface area (Å²) in [7, 11) is 0. The van der Waals surface area contributed by atoms with Gasteiger partial charge in [-0.1, -0.05) is 17.7 Å². The number of carbonyl (C=O) groups excluding carboxylic acids is 1. The molecule has 1 aromatic rings. The van der Waals surface area contributed by atoms with Crippen molar-refractivity contribution < 1.29 is 19.0 Å². The second-order valence-electron chi connectivity index (χ2n) is 6.66. The minimum absolute atomic E-state index is 0.294. The Bertz CT molecular complexity index is 527. The molecule has 0 aromatic heterocycles. The third kappa shape index (κ3) is 3.44. The smallest absolute Gasteiger partial charge is 0.321 e. The second-order valence-corrected chi connectivity index (χ2v) is 6.66. The van der Waals surface area contributed by atoms with E-state index in [-0.39, 0.29) is 5.97 Å². The van der Waals surface area contributed by atoms with Crippen LogP contribution in [0.3, 0.4) is 0 Å². The van der Waals surface area contributed by atoms with Crippen molar-refractivity contribution in [3.05, 3.63) is 28.8 Å². The molecule has 0 spiro atoms. The van der Waals surface area contributed by atoms with Gasteiger partial charge in [-0.05, 0) is 52.7 Å². The third-order valence-electron chi connectivity index (χ3n) is 3.77. The number of hydrogen-bond acceptors (Lipinski definition) is 4. The van der Waals surface area contributed by atoms with Crippen molar-refractivity contribution >= 4 is 5.97 Å². The Morgan fingerprint density at radius 3 is 2.00 bits per heavy atom. The lowest BCUT2D eigenvalue weighted by molar-refractivity contribution is -0.279. The molecule has 1 heterocycles. The molecular weight excluding hydrogens is 268 g/mol. The summed E-state index contributed by atoms with van der Waals surface area (Å²) in [5.74, 6) is -0.320. The summed E-state index contributed by atoms with van der Waals surface area (Å²) < 4.78 is 16.8. The lowest BCUT2D eigenvalue weighted by Gasteiger charge is -2.39. The fourth-order valence-corrected chi connectivity index (χ4v) is 2.41. The number of benzene rings is 1. The van der Waals surface area contributed by atoms with Crippen LogP contribution >= 0.6 is 0 Å². The Kier molecular flexibility index (Phi) is 4.13. The van der Waals surface area contributed by atoms with E-state index in [0.29, 0.717) is 19.0 Å². The molecule has 1 aliphatic heterocycles.